The molecule has 2 saturated carbocycles. The number of carbonyl (C=O) groups is 4. The van der Waals surface area contributed by atoms with Crippen molar-refractivity contribution in [3.63, 3.8) is 0 Å². The van der Waals surface area contributed by atoms with E-state index in [1.165, 1.54) is 0 Å². The lowest BCUT2D eigenvalue weighted by molar-refractivity contribution is 0.0690. The number of carboxylic acids is 1. The third-order valence-electron chi connectivity index (χ3n) is 12.4. The Labute approximate surface area is 332 Å². The van der Waals surface area contributed by atoms with E-state index < -0.39 is 23.0 Å². The molecule has 10 nitrogen and oxygen atoms in total. The molecule has 2 aromatic heterocycles. The second kappa shape index (κ2) is 12.7. The van der Waals surface area contributed by atoms with Gasteiger partial charge in [-0.2, -0.15) is 0 Å². The number of aromatic nitrogens is 2. The minimum atomic E-state index is -1.05. The highest BCUT2D eigenvalue weighted by Gasteiger charge is 2.58. The van der Waals surface area contributed by atoms with Crippen LogP contribution in [0, 0.1) is 13.8 Å². The fraction of sp³-hybridized carbons (Fsp3) is 0.167. The molecule has 2 atom stereocenters. The number of aromatic amines is 2. The first-order chi connectivity index (χ1) is 27.9. The molecule has 8 aromatic rings. The maximum Gasteiger partial charge on any atom is 0.352 e. The number of benzene rings is 6. The normalized spacial score (nSPS) is 18.1. The predicted molar refractivity (Wildman–Crippen MR) is 224 cm³/mol. The van der Waals surface area contributed by atoms with Crippen LogP contribution in [0.15, 0.2) is 115 Å². The number of nitrogens with two attached hydrogens (primary N) is 1. The van der Waals surface area contributed by atoms with Gasteiger partial charge in [-0.1, -0.05) is 78.9 Å². The molecule has 0 bridgehead atoms. The Hall–Kier alpha value is -7.20. The number of nitrogens with one attached hydrogen (secondary N) is 4. The van der Waals surface area contributed by atoms with Crippen LogP contribution in [0.1, 0.15) is 94.7 Å². The first kappa shape index (κ1) is 35.2. The summed E-state index contributed by atoms with van der Waals surface area (Å²) in [6.07, 6.45) is 2.29. The van der Waals surface area contributed by atoms with Gasteiger partial charge in [0.05, 0.1) is 11.1 Å². The van der Waals surface area contributed by atoms with Gasteiger partial charge in [-0.05, 0) is 119 Å². The predicted octanol–water partition coefficient (Wildman–Crippen LogP) is 8.60. The van der Waals surface area contributed by atoms with Crippen LogP contribution in [0.5, 0.6) is 0 Å². The Bertz CT molecular complexity index is 3090. The first-order valence-corrected chi connectivity index (χ1v) is 19.4. The van der Waals surface area contributed by atoms with Crippen molar-refractivity contribution in [3.05, 3.63) is 166 Å². The lowest BCUT2D eigenvalue weighted by Crippen LogP contribution is -2.37. The van der Waals surface area contributed by atoms with Crippen LogP contribution in [0.25, 0.3) is 43.4 Å². The number of aromatic carboxylic acids is 1. The van der Waals surface area contributed by atoms with Gasteiger partial charge in [0, 0.05) is 38.9 Å². The van der Waals surface area contributed by atoms with Gasteiger partial charge in [0.25, 0.3) is 17.7 Å². The second-order valence-electron chi connectivity index (χ2n) is 16.1. The number of hydrogen-bond acceptors (Lipinski definition) is 4. The molecule has 0 aliphatic heterocycles. The maximum absolute atomic E-state index is 14.4. The van der Waals surface area contributed by atoms with Gasteiger partial charge < -0.3 is 31.4 Å². The Balaban J connectivity index is 0.987. The van der Waals surface area contributed by atoms with Gasteiger partial charge in [0.2, 0.25) is 0 Å². The van der Waals surface area contributed by atoms with E-state index in [0.717, 1.165) is 73.0 Å². The average Bonchev–Trinajstić information content (AvgIpc) is 4.04. The zero-order valence-electron chi connectivity index (χ0n) is 31.8. The molecule has 6 aromatic carbocycles. The van der Waals surface area contributed by atoms with Gasteiger partial charge in [-0.25, -0.2) is 4.79 Å². The van der Waals surface area contributed by atoms with Crippen molar-refractivity contribution in [1.82, 2.24) is 20.6 Å². The van der Waals surface area contributed by atoms with Gasteiger partial charge in [-0.15, -0.1) is 0 Å². The molecule has 2 unspecified atom stereocenters. The standard InChI is InChI=1S/C48H39N5O5/c1-25-18-31-21-42(46(57)58)51-40(31)22-34(25)44(55)52-47(15-16-47)36-11-6-9-28-19-29(13-14-33(28)36)38-24-48(38,37-12-5-8-27-7-3-4-10-32(27)37)53-45(56)35-23-39-30(17-26(35)2)20-41(50-39)43(49)54/h3-14,17-23,38,50-51H,15-16,24H2,1-2H3,(H2,49,54)(H,52,55)(H,53,56)(H,57,58). The molecule has 286 valence electrons. The molecule has 0 radical (unpaired) electrons. The second-order valence-corrected chi connectivity index (χ2v) is 16.1. The summed E-state index contributed by atoms with van der Waals surface area (Å²) in [4.78, 5) is 57.7. The summed E-state index contributed by atoms with van der Waals surface area (Å²) >= 11 is 0. The molecule has 58 heavy (non-hydrogen) atoms. The van der Waals surface area contributed by atoms with E-state index in [1.807, 2.05) is 50.2 Å². The summed E-state index contributed by atoms with van der Waals surface area (Å²) < 4.78 is 0. The summed E-state index contributed by atoms with van der Waals surface area (Å²) in [5, 5.41) is 22.1. The Morgan fingerprint density at radius 3 is 1.90 bits per heavy atom. The molecule has 10 heteroatoms. The quantitative estimate of drug-likeness (QED) is 0.0863. The van der Waals surface area contributed by atoms with E-state index in [-0.39, 0.29) is 29.1 Å². The summed E-state index contributed by atoms with van der Waals surface area (Å²) in [5.74, 6) is -2.04. The smallest absolute Gasteiger partial charge is 0.352 e. The Kier molecular flexibility index (Phi) is 7.69. The fourth-order valence-corrected chi connectivity index (χ4v) is 9.19. The molecule has 7 N–H and O–H groups in total. The Morgan fingerprint density at radius 2 is 1.22 bits per heavy atom. The van der Waals surface area contributed by atoms with Crippen LogP contribution in [-0.4, -0.2) is 38.8 Å². The minimum absolute atomic E-state index is 0.0200. The van der Waals surface area contributed by atoms with E-state index in [1.54, 1.807) is 24.3 Å². The van der Waals surface area contributed by atoms with Crippen LogP contribution >= 0.6 is 0 Å². The van der Waals surface area contributed by atoms with Gasteiger partial charge >= 0.3 is 5.97 Å². The number of amides is 3. The molecule has 2 fully saturated rings. The molecular weight excluding hydrogens is 727 g/mol. The van der Waals surface area contributed by atoms with Crippen LogP contribution in [0.3, 0.4) is 0 Å². The molecule has 3 amide bonds. The number of aryl methyl sites for hydroxylation is 2. The van der Waals surface area contributed by atoms with Crippen LogP contribution < -0.4 is 16.4 Å². The lowest BCUT2D eigenvalue weighted by atomic mass is 9.91. The van der Waals surface area contributed by atoms with Crippen molar-refractivity contribution in [2.24, 2.45) is 5.73 Å². The zero-order chi connectivity index (χ0) is 40.1. The minimum Gasteiger partial charge on any atom is -0.477 e. The van der Waals surface area contributed by atoms with Gasteiger partial charge in [0.1, 0.15) is 11.4 Å². The van der Waals surface area contributed by atoms with E-state index in [2.05, 4.69) is 75.2 Å². The summed E-state index contributed by atoms with van der Waals surface area (Å²) in [6, 6.07) is 37.8. The third-order valence-corrected chi connectivity index (χ3v) is 12.4. The molecule has 2 aliphatic rings. The van der Waals surface area contributed by atoms with Crippen molar-refractivity contribution in [2.75, 3.05) is 0 Å². The third kappa shape index (κ3) is 5.62. The van der Waals surface area contributed by atoms with Crippen molar-refractivity contribution < 1.29 is 24.3 Å². The highest BCUT2D eigenvalue weighted by atomic mass is 16.4. The molecule has 0 spiro atoms. The number of primary amides is 1. The van der Waals surface area contributed by atoms with Crippen molar-refractivity contribution in [3.8, 4) is 0 Å². The summed E-state index contributed by atoms with van der Waals surface area (Å²) in [5.41, 5.74) is 11.7. The van der Waals surface area contributed by atoms with Crippen molar-refractivity contribution in [1.29, 1.82) is 0 Å². The van der Waals surface area contributed by atoms with Crippen molar-refractivity contribution >= 4 is 67.0 Å². The van der Waals surface area contributed by atoms with E-state index in [9.17, 15) is 24.3 Å². The Morgan fingerprint density at radius 1 is 0.638 bits per heavy atom. The average molecular weight is 766 g/mol. The number of carboxylic acid groups (broad SMARTS) is 1. The molecule has 2 aliphatic carbocycles. The monoisotopic (exact) mass is 765 g/mol. The lowest BCUT2D eigenvalue weighted by Gasteiger charge is -2.24. The van der Waals surface area contributed by atoms with Crippen LogP contribution in [-0.2, 0) is 11.1 Å². The maximum atomic E-state index is 14.4. The highest BCUT2D eigenvalue weighted by Crippen LogP contribution is 2.60. The zero-order valence-corrected chi connectivity index (χ0v) is 31.8. The number of rotatable bonds is 9. The molecule has 0 saturated heterocycles. The van der Waals surface area contributed by atoms with Gasteiger partial charge in [0.15, 0.2) is 0 Å². The number of fused-ring (bicyclic) bond motifs is 4. The van der Waals surface area contributed by atoms with E-state index in [0.29, 0.717) is 28.6 Å². The van der Waals surface area contributed by atoms with Crippen LogP contribution in [0.4, 0.5) is 0 Å². The van der Waals surface area contributed by atoms with Crippen molar-refractivity contribution in [2.45, 2.75) is 50.1 Å². The summed E-state index contributed by atoms with van der Waals surface area (Å²) in [7, 11) is 0. The number of hydrogen-bond donors (Lipinski definition) is 6. The number of H-pyrrole nitrogens is 2. The van der Waals surface area contributed by atoms with Crippen LogP contribution in [0.2, 0.25) is 0 Å². The molecule has 10 rings (SSSR count). The fourth-order valence-electron chi connectivity index (χ4n) is 9.19. The number of carbonyl (C=O) groups excluding carboxylic acids is 3. The molecular formula is C48H39N5O5. The largest absolute Gasteiger partial charge is 0.477 e. The van der Waals surface area contributed by atoms with Gasteiger partial charge in [-0.3, -0.25) is 14.4 Å². The SMILES string of the molecule is Cc1cc2cc(C(=O)O)[nH]c2cc1C(=O)NC1(c2cccc3cc(C4CC4(NC(=O)c4cc5[nH]c(C(N)=O)cc5cc4C)c4cccc5ccccc45)ccc23)CC1. The van der Waals surface area contributed by atoms with E-state index >= 15 is 0 Å². The topological polar surface area (TPSA) is 170 Å². The highest BCUT2D eigenvalue weighted by molar-refractivity contribution is 6.04. The van der Waals surface area contributed by atoms with E-state index in [4.69, 9.17) is 5.73 Å². The molecule has 2 heterocycles. The summed E-state index contributed by atoms with van der Waals surface area (Å²) in [6.45, 7) is 3.76. The first-order valence-electron chi connectivity index (χ1n) is 19.4.